The first kappa shape index (κ1) is 12.0. The Morgan fingerprint density at radius 2 is 1.88 bits per heavy atom. The van der Waals surface area contributed by atoms with Crippen LogP contribution in [0, 0.1) is 18.6 Å². The van der Waals surface area contributed by atoms with Crippen LogP contribution in [0.2, 0.25) is 0 Å². The quantitative estimate of drug-likeness (QED) is 0.842. The maximum Gasteiger partial charge on any atom is 0.226 e. The Bertz CT molecular complexity index is 496. The lowest BCUT2D eigenvalue weighted by molar-refractivity contribution is 0.485. The summed E-state index contributed by atoms with van der Waals surface area (Å²) in [7, 11) is 0. The van der Waals surface area contributed by atoms with Crippen molar-refractivity contribution in [3.05, 3.63) is 47.2 Å². The normalized spacial score (nSPS) is 10.8. The van der Waals surface area contributed by atoms with Gasteiger partial charge in [0, 0.05) is 18.2 Å². The van der Waals surface area contributed by atoms with Gasteiger partial charge in [0.15, 0.2) is 0 Å². The molecule has 0 radical (unpaired) electrons. The van der Waals surface area contributed by atoms with Crippen LogP contribution in [0.4, 0.5) is 8.78 Å². The summed E-state index contributed by atoms with van der Waals surface area (Å²) in [6.07, 6.45) is 0. The predicted octanol–water partition coefficient (Wildman–Crippen LogP) is 3.09. The highest BCUT2D eigenvalue weighted by molar-refractivity contribution is 7.97. The number of hydrogen-bond donors (Lipinski definition) is 0. The molecule has 3 nitrogen and oxygen atoms in total. The Morgan fingerprint density at radius 3 is 2.47 bits per heavy atom. The number of aromatic nitrogens is 2. The zero-order chi connectivity index (χ0) is 12.3. The van der Waals surface area contributed by atoms with Gasteiger partial charge in [-0.05, 0) is 12.1 Å². The van der Waals surface area contributed by atoms with E-state index in [1.165, 1.54) is 30.0 Å². The minimum Gasteiger partial charge on any atom is -0.425 e. The fourth-order valence-corrected chi connectivity index (χ4v) is 2.18. The Morgan fingerprint density at radius 1 is 1.18 bits per heavy atom. The third-order valence-electron chi connectivity index (χ3n) is 2.10. The van der Waals surface area contributed by atoms with Gasteiger partial charge in [-0.1, -0.05) is 6.07 Å². The molecule has 1 aromatic carbocycles. The molecule has 6 heteroatoms. The molecular formula is C11H10F2N2OS. The lowest BCUT2D eigenvalue weighted by Gasteiger charge is -2.02. The fourth-order valence-electron chi connectivity index (χ4n) is 1.31. The van der Waals surface area contributed by atoms with Crippen LogP contribution in [-0.2, 0) is 11.5 Å². The lowest BCUT2D eigenvalue weighted by atomic mass is 10.2. The molecule has 0 saturated carbocycles. The Balaban J connectivity index is 1.94. The van der Waals surface area contributed by atoms with Gasteiger partial charge in [-0.3, -0.25) is 0 Å². The van der Waals surface area contributed by atoms with Gasteiger partial charge in [0.1, 0.15) is 11.6 Å². The molecule has 90 valence electrons. The van der Waals surface area contributed by atoms with Gasteiger partial charge in [-0.15, -0.1) is 22.0 Å². The van der Waals surface area contributed by atoms with E-state index in [9.17, 15) is 8.78 Å². The first-order chi connectivity index (χ1) is 8.16. The predicted molar refractivity (Wildman–Crippen MR) is 60.4 cm³/mol. The smallest absolute Gasteiger partial charge is 0.226 e. The molecule has 0 bridgehead atoms. The van der Waals surface area contributed by atoms with Crippen LogP contribution in [0.1, 0.15) is 17.3 Å². The molecule has 0 aliphatic rings. The summed E-state index contributed by atoms with van der Waals surface area (Å²) in [6.45, 7) is 1.69. The molecule has 0 aliphatic heterocycles. The van der Waals surface area contributed by atoms with Gasteiger partial charge >= 0.3 is 0 Å². The molecule has 0 atom stereocenters. The van der Waals surface area contributed by atoms with E-state index < -0.39 is 11.6 Å². The Kier molecular flexibility index (Phi) is 3.73. The van der Waals surface area contributed by atoms with Crippen LogP contribution in [-0.4, -0.2) is 10.2 Å². The summed E-state index contributed by atoms with van der Waals surface area (Å²) < 4.78 is 31.7. The van der Waals surface area contributed by atoms with Crippen LogP contribution in [0.3, 0.4) is 0 Å². The number of halogens is 2. The minimum atomic E-state index is -0.529. The van der Waals surface area contributed by atoms with E-state index in [0.29, 0.717) is 17.5 Å². The number of nitrogens with zero attached hydrogens (tertiary/aromatic N) is 2. The molecule has 1 heterocycles. The zero-order valence-electron chi connectivity index (χ0n) is 9.11. The van der Waals surface area contributed by atoms with Gasteiger partial charge in [-0.25, -0.2) is 8.78 Å². The molecular weight excluding hydrogens is 246 g/mol. The van der Waals surface area contributed by atoms with Gasteiger partial charge in [0.05, 0.1) is 5.75 Å². The van der Waals surface area contributed by atoms with Crippen molar-refractivity contribution < 1.29 is 13.2 Å². The van der Waals surface area contributed by atoms with E-state index in [4.69, 9.17) is 4.42 Å². The van der Waals surface area contributed by atoms with Crippen molar-refractivity contribution in [3.63, 3.8) is 0 Å². The molecule has 0 amide bonds. The van der Waals surface area contributed by atoms with Gasteiger partial charge < -0.3 is 4.42 Å². The Labute approximate surface area is 101 Å². The highest BCUT2D eigenvalue weighted by Crippen LogP contribution is 2.21. The number of hydrogen-bond acceptors (Lipinski definition) is 4. The Hall–Kier alpha value is -1.43. The molecule has 0 aliphatic carbocycles. The maximum absolute atomic E-state index is 13.3. The van der Waals surface area contributed by atoms with Crippen molar-refractivity contribution in [2.24, 2.45) is 0 Å². The first-order valence-corrected chi connectivity index (χ1v) is 6.12. The largest absolute Gasteiger partial charge is 0.425 e. The molecule has 2 aromatic rings. The number of thioether (sulfide) groups is 1. The number of benzene rings is 1. The number of aryl methyl sites for hydroxylation is 1. The molecule has 0 saturated heterocycles. The fraction of sp³-hybridized carbons (Fsp3) is 0.273. The summed E-state index contributed by atoms with van der Waals surface area (Å²) in [4.78, 5) is 0. The topological polar surface area (TPSA) is 38.9 Å². The van der Waals surface area contributed by atoms with Gasteiger partial charge in [0.2, 0.25) is 11.8 Å². The van der Waals surface area contributed by atoms with Crippen LogP contribution in [0.25, 0.3) is 0 Å². The summed E-state index contributed by atoms with van der Waals surface area (Å²) in [6, 6.07) is 3.84. The van der Waals surface area contributed by atoms with E-state index in [-0.39, 0.29) is 11.3 Å². The average Bonchev–Trinajstić information content (AvgIpc) is 2.69. The third kappa shape index (κ3) is 3.03. The van der Waals surface area contributed by atoms with Crippen molar-refractivity contribution in [1.82, 2.24) is 10.2 Å². The second-order valence-electron chi connectivity index (χ2n) is 3.41. The SMILES string of the molecule is Cc1nnc(CSCc2c(F)cccc2F)o1. The monoisotopic (exact) mass is 256 g/mol. The van der Waals surface area contributed by atoms with Crippen molar-refractivity contribution >= 4 is 11.8 Å². The highest BCUT2D eigenvalue weighted by atomic mass is 32.2. The number of rotatable bonds is 4. The zero-order valence-corrected chi connectivity index (χ0v) is 9.93. The van der Waals surface area contributed by atoms with E-state index in [1.807, 2.05) is 0 Å². The van der Waals surface area contributed by atoms with Gasteiger partial charge in [-0.2, -0.15) is 0 Å². The standard InChI is InChI=1S/C11H10F2N2OS/c1-7-14-15-11(16-7)6-17-5-8-9(12)3-2-4-10(8)13/h2-4H,5-6H2,1H3. The molecule has 0 spiro atoms. The van der Waals surface area contributed by atoms with E-state index in [2.05, 4.69) is 10.2 Å². The van der Waals surface area contributed by atoms with Crippen molar-refractivity contribution in [2.75, 3.05) is 0 Å². The molecule has 0 unspecified atom stereocenters. The highest BCUT2D eigenvalue weighted by Gasteiger charge is 2.09. The van der Waals surface area contributed by atoms with E-state index in [0.717, 1.165) is 0 Å². The molecule has 17 heavy (non-hydrogen) atoms. The van der Waals surface area contributed by atoms with Crippen LogP contribution >= 0.6 is 11.8 Å². The molecule has 0 N–H and O–H groups in total. The van der Waals surface area contributed by atoms with Crippen LogP contribution in [0.5, 0.6) is 0 Å². The summed E-state index contributed by atoms with van der Waals surface area (Å²) in [5.41, 5.74) is 0.0775. The molecule has 2 rings (SSSR count). The average molecular weight is 256 g/mol. The maximum atomic E-state index is 13.3. The minimum absolute atomic E-state index is 0.0775. The molecule has 0 fully saturated rings. The van der Waals surface area contributed by atoms with E-state index >= 15 is 0 Å². The second-order valence-corrected chi connectivity index (χ2v) is 4.39. The first-order valence-electron chi connectivity index (χ1n) is 4.96. The van der Waals surface area contributed by atoms with Crippen LogP contribution in [0.15, 0.2) is 22.6 Å². The third-order valence-corrected chi connectivity index (χ3v) is 3.05. The summed E-state index contributed by atoms with van der Waals surface area (Å²) in [5, 5.41) is 7.47. The summed E-state index contributed by atoms with van der Waals surface area (Å²) >= 11 is 1.32. The lowest BCUT2D eigenvalue weighted by Crippen LogP contribution is -1.93. The van der Waals surface area contributed by atoms with Crippen molar-refractivity contribution in [2.45, 2.75) is 18.4 Å². The molecule has 1 aromatic heterocycles. The van der Waals surface area contributed by atoms with Crippen LogP contribution < -0.4 is 0 Å². The van der Waals surface area contributed by atoms with Crippen molar-refractivity contribution in [1.29, 1.82) is 0 Å². The van der Waals surface area contributed by atoms with E-state index in [1.54, 1.807) is 6.92 Å². The van der Waals surface area contributed by atoms with Gasteiger partial charge in [0.25, 0.3) is 0 Å². The second kappa shape index (κ2) is 5.27. The summed E-state index contributed by atoms with van der Waals surface area (Å²) in [5.74, 6) is 0.564. The van der Waals surface area contributed by atoms with Crippen molar-refractivity contribution in [3.8, 4) is 0 Å².